The standard InChI is InChI=1S/C13H14N4O/c14-13-12(8-1-2-8)17(16-15-13)11-4-3-9-6-18-7-10(9)5-11/h3-5,8H,1-2,6-7,14H2. The highest BCUT2D eigenvalue weighted by Gasteiger charge is 2.31. The minimum atomic E-state index is 0.532. The highest BCUT2D eigenvalue weighted by Crippen LogP contribution is 2.42. The first-order chi connectivity index (χ1) is 8.83. The third-order valence-corrected chi connectivity index (χ3v) is 3.65. The second-order valence-electron chi connectivity index (χ2n) is 4.99. The van der Waals surface area contributed by atoms with E-state index in [2.05, 4.69) is 28.5 Å². The van der Waals surface area contributed by atoms with E-state index in [1.807, 2.05) is 4.68 Å². The average molecular weight is 242 g/mol. The number of rotatable bonds is 2. The Labute approximate surface area is 105 Å². The molecule has 4 rings (SSSR count). The number of hydrogen-bond donors (Lipinski definition) is 1. The van der Waals surface area contributed by atoms with Crippen LogP contribution in [0.2, 0.25) is 0 Å². The van der Waals surface area contributed by atoms with E-state index in [-0.39, 0.29) is 0 Å². The number of nitrogens with two attached hydrogens (primary N) is 1. The minimum absolute atomic E-state index is 0.532. The van der Waals surface area contributed by atoms with E-state index in [0.717, 1.165) is 11.4 Å². The van der Waals surface area contributed by atoms with Gasteiger partial charge >= 0.3 is 0 Å². The van der Waals surface area contributed by atoms with E-state index in [9.17, 15) is 0 Å². The molecular weight excluding hydrogens is 228 g/mol. The molecule has 2 heterocycles. The zero-order chi connectivity index (χ0) is 12.1. The third-order valence-electron chi connectivity index (χ3n) is 3.65. The molecular formula is C13H14N4O. The van der Waals surface area contributed by atoms with Crippen molar-refractivity contribution in [2.45, 2.75) is 32.0 Å². The van der Waals surface area contributed by atoms with Gasteiger partial charge in [0.1, 0.15) is 0 Å². The number of hydrogen-bond acceptors (Lipinski definition) is 4. The maximum Gasteiger partial charge on any atom is 0.169 e. The molecule has 0 saturated heterocycles. The molecule has 0 bridgehead atoms. The Morgan fingerprint density at radius 3 is 2.89 bits per heavy atom. The fourth-order valence-electron chi connectivity index (χ4n) is 2.52. The van der Waals surface area contributed by atoms with Crippen LogP contribution in [0.25, 0.3) is 5.69 Å². The minimum Gasteiger partial charge on any atom is -0.381 e. The zero-order valence-corrected chi connectivity index (χ0v) is 9.97. The van der Waals surface area contributed by atoms with Gasteiger partial charge in [-0.3, -0.25) is 0 Å². The van der Waals surface area contributed by atoms with Crippen LogP contribution < -0.4 is 5.73 Å². The highest BCUT2D eigenvalue weighted by atomic mass is 16.5. The van der Waals surface area contributed by atoms with Gasteiger partial charge in [0.05, 0.1) is 24.6 Å². The maximum atomic E-state index is 5.91. The van der Waals surface area contributed by atoms with Crippen LogP contribution in [0.4, 0.5) is 5.82 Å². The molecule has 2 N–H and O–H groups in total. The lowest BCUT2D eigenvalue weighted by Crippen LogP contribution is -2.03. The summed E-state index contributed by atoms with van der Waals surface area (Å²) in [6, 6.07) is 6.29. The number of nitrogens with zero attached hydrogens (tertiary/aromatic N) is 3. The van der Waals surface area contributed by atoms with E-state index in [1.54, 1.807) is 0 Å². The largest absolute Gasteiger partial charge is 0.381 e. The highest BCUT2D eigenvalue weighted by molar-refractivity contribution is 5.47. The summed E-state index contributed by atoms with van der Waals surface area (Å²) in [4.78, 5) is 0. The van der Waals surface area contributed by atoms with E-state index < -0.39 is 0 Å². The lowest BCUT2D eigenvalue weighted by Gasteiger charge is -2.07. The van der Waals surface area contributed by atoms with Gasteiger partial charge in [0.2, 0.25) is 0 Å². The summed E-state index contributed by atoms with van der Waals surface area (Å²) in [5.41, 5.74) is 10.5. The predicted octanol–water partition coefficient (Wildman–Crippen LogP) is 1.76. The summed E-state index contributed by atoms with van der Waals surface area (Å²) in [7, 11) is 0. The smallest absolute Gasteiger partial charge is 0.169 e. The molecule has 92 valence electrons. The van der Waals surface area contributed by atoms with Crippen molar-refractivity contribution in [3.05, 3.63) is 35.0 Å². The van der Waals surface area contributed by atoms with E-state index in [4.69, 9.17) is 10.5 Å². The molecule has 1 aliphatic heterocycles. The summed E-state index contributed by atoms with van der Waals surface area (Å²) in [6.45, 7) is 1.40. The first-order valence-electron chi connectivity index (χ1n) is 6.24. The van der Waals surface area contributed by atoms with Crippen LogP contribution in [-0.4, -0.2) is 15.0 Å². The SMILES string of the molecule is Nc1nnn(-c2ccc3c(c2)COC3)c1C1CC1. The Kier molecular flexibility index (Phi) is 1.99. The molecule has 1 fully saturated rings. The van der Waals surface area contributed by atoms with Gasteiger partial charge in [-0.2, -0.15) is 0 Å². The predicted molar refractivity (Wildman–Crippen MR) is 66.2 cm³/mol. The summed E-state index contributed by atoms with van der Waals surface area (Å²) in [5, 5.41) is 8.18. The molecule has 0 atom stereocenters. The van der Waals surface area contributed by atoms with Crippen molar-refractivity contribution in [2.75, 3.05) is 5.73 Å². The molecule has 0 unspecified atom stereocenters. The second kappa shape index (κ2) is 3.55. The summed E-state index contributed by atoms with van der Waals surface area (Å²) in [6.07, 6.45) is 2.37. The van der Waals surface area contributed by atoms with Gasteiger partial charge in [-0.05, 0) is 36.1 Å². The molecule has 1 aromatic carbocycles. The van der Waals surface area contributed by atoms with Gasteiger partial charge in [0, 0.05) is 5.92 Å². The number of ether oxygens (including phenoxy) is 1. The van der Waals surface area contributed by atoms with Crippen molar-refractivity contribution in [3.8, 4) is 5.69 Å². The van der Waals surface area contributed by atoms with Crippen molar-refractivity contribution in [2.24, 2.45) is 0 Å². The molecule has 5 nitrogen and oxygen atoms in total. The van der Waals surface area contributed by atoms with Gasteiger partial charge in [-0.15, -0.1) is 5.10 Å². The molecule has 2 aromatic rings. The van der Waals surface area contributed by atoms with Gasteiger partial charge in [0.15, 0.2) is 5.82 Å². The van der Waals surface area contributed by atoms with Crippen LogP contribution in [0.3, 0.4) is 0 Å². The van der Waals surface area contributed by atoms with Crippen molar-refractivity contribution >= 4 is 5.82 Å². The van der Waals surface area contributed by atoms with Gasteiger partial charge in [-0.1, -0.05) is 11.3 Å². The van der Waals surface area contributed by atoms with Crippen LogP contribution in [0.5, 0.6) is 0 Å². The molecule has 5 heteroatoms. The van der Waals surface area contributed by atoms with Crippen molar-refractivity contribution < 1.29 is 4.74 Å². The summed E-state index contributed by atoms with van der Waals surface area (Å²) < 4.78 is 7.31. The van der Waals surface area contributed by atoms with Crippen LogP contribution in [0.1, 0.15) is 35.6 Å². The molecule has 0 amide bonds. The van der Waals surface area contributed by atoms with Crippen LogP contribution in [-0.2, 0) is 18.0 Å². The van der Waals surface area contributed by atoms with Gasteiger partial charge < -0.3 is 10.5 Å². The molecule has 1 saturated carbocycles. The number of anilines is 1. The Morgan fingerprint density at radius 2 is 2.06 bits per heavy atom. The lowest BCUT2D eigenvalue weighted by molar-refractivity contribution is 0.134. The third kappa shape index (κ3) is 1.44. The monoisotopic (exact) mass is 242 g/mol. The zero-order valence-electron chi connectivity index (χ0n) is 9.97. The van der Waals surface area contributed by atoms with Gasteiger partial charge in [0.25, 0.3) is 0 Å². The van der Waals surface area contributed by atoms with Crippen LogP contribution >= 0.6 is 0 Å². The number of nitrogen functional groups attached to an aromatic ring is 1. The fraction of sp³-hybridized carbons (Fsp3) is 0.385. The first kappa shape index (κ1) is 10.1. The maximum absolute atomic E-state index is 5.91. The number of fused-ring (bicyclic) bond motifs is 1. The Bertz CT molecular complexity index is 615. The molecule has 1 aliphatic carbocycles. The van der Waals surface area contributed by atoms with Crippen LogP contribution in [0, 0.1) is 0 Å². The summed E-state index contributed by atoms with van der Waals surface area (Å²) >= 11 is 0. The van der Waals surface area contributed by atoms with E-state index >= 15 is 0 Å². The molecule has 1 aromatic heterocycles. The van der Waals surface area contributed by atoms with E-state index in [1.165, 1.54) is 24.0 Å². The molecule has 0 radical (unpaired) electrons. The van der Waals surface area contributed by atoms with E-state index in [0.29, 0.717) is 24.9 Å². The Morgan fingerprint density at radius 1 is 1.22 bits per heavy atom. The van der Waals surface area contributed by atoms with Crippen molar-refractivity contribution in [1.82, 2.24) is 15.0 Å². The van der Waals surface area contributed by atoms with Crippen molar-refractivity contribution in [1.29, 1.82) is 0 Å². The number of benzene rings is 1. The summed E-state index contributed by atoms with van der Waals surface area (Å²) in [5.74, 6) is 1.10. The Hall–Kier alpha value is -1.88. The first-order valence-corrected chi connectivity index (χ1v) is 6.24. The molecule has 0 spiro atoms. The number of aromatic nitrogens is 3. The second-order valence-corrected chi connectivity index (χ2v) is 4.99. The topological polar surface area (TPSA) is 66.0 Å². The van der Waals surface area contributed by atoms with Crippen molar-refractivity contribution in [3.63, 3.8) is 0 Å². The van der Waals surface area contributed by atoms with Crippen LogP contribution in [0.15, 0.2) is 18.2 Å². The fourth-order valence-corrected chi connectivity index (χ4v) is 2.52. The lowest BCUT2D eigenvalue weighted by atomic mass is 10.1. The Balaban J connectivity index is 1.83. The molecule has 18 heavy (non-hydrogen) atoms. The van der Waals surface area contributed by atoms with Gasteiger partial charge in [-0.25, -0.2) is 4.68 Å². The molecule has 2 aliphatic rings. The quantitative estimate of drug-likeness (QED) is 0.871. The average Bonchev–Trinajstić information content (AvgIpc) is 2.98. The normalized spacial score (nSPS) is 18.0.